The fourth-order valence-corrected chi connectivity index (χ4v) is 2.64. The van der Waals surface area contributed by atoms with Crippen molar-refractivity contribution in [2.75, 3.05) is 26.2 Å². The molecule has 21 heavy (non-hydrogen) atoms. The minimum Gasteiger partial charge on any atom is -0.340 e. The van der Waals surface area contributed by atoms with E-state index in [0.717, 1.165) is 45.6 Å². The molecule has 5 heteroatoms. The lowest BCUT2D eigenvalue weighted by molar-refractivity contribution is -0.133. The van der Waals surface area contributed by atoms with E-state index in [9.17, 15) is 4.79 Å². The maximum atomic E-state index is 12.1. The van der Waals surface area contributed by atoms with Crippen LogP contribution >= 0.6 is 0 Å². The molecule has 0 bridgehead atoms. The average molecular weight is 290 g/mol. The van der Waals surface area contributed by atoms with E-state index >= 15 is 0 Å². The lowest BCUT2D eigenvalue weighted by Gasteiger charge is -2.34. The summed E-state index contributed by atoms with van der Waals surface area (Å²) in [6.07, 6.45) is 6.15. The summed E-state index contributed by atoms with van der Waals surface area (Å²) in [4.78, 5) is 20.6. The summed E-state index contributed by atoms with van der Waals surface area (Å²) in [7, 11) is 0. The van der Waals surface area contributed by atoms with Crippen LogP contribution in [-0.2, 0) is 11.3 Å². The van der Waals surface area contributed by atoms with Crippen LogP contribution in [0.2, 0.25) is 0 Å². The summed E-state index contributed by atoms with van der Waals surface area (Å²) in [5.74, 6) is 0.275. The number of rotatable bonds is 6. The first-order chi connectivity index (χ1) is 10.1. The van der Waals surface area contributed by atoms with Gasteiger partial charge in [-0.3, -0.25) is 14.7 Å². The van der Waals surface area contributed by atoms with Gasteiger partial charge in [0.25, 0.3) is 0 Å². The molecular formula is C16H26N4O. The average Bonchev–Trinajstić information content (AvgIpc) is 2.48. The predicted molar refractivity (Wildman–Crippen MR) is 83.6 cm³/mol. The van der Waals surface area contributed by atoms with Crippen LogP contribution in [0.1, 0.15) is 31.7 Å². The van der Waals surface area contributed by atoms with Gasteiger partial charge in [-0.05, 0) is 31.4 Å². The first kappa shape index (κ1) is 15.9. The monoisotopic (exact) mass is 290 g/mol. The largest absolute Gasteiger partial charge is 0.340 e. The summed E-state index contributed by atoms with van der Waals surface area (Å²) in [5.41, 5.74) is 6.94. The molecule has 0 aromatic carbocycles. The number of pyridine rings is 1. The molecular weight excluding hydrogens is 264 g/mol. The third-order valence-corrected chi connectivity index (χ3v) is 3.90. The Morgan fingerprint density at radius 1 is 1.38 bits per heavy atom. The lowest BCUT2D eigenvalue weighted by Crippen LogP contribution is -2.48. The molecule has 0 aliphatic carbocycles. The van der Waals surface area contributed by atoms with Crippen LogP contribution in [0, 0.1) is 0 Å². The fourth-order valence-electron chi connectivity index (χ4n) is 2.64. The van der Waals surface area contributed by atoms with Crippen LogP contribution in [0.15, 0.2) is 24.5 Å². The quantitative estimate of drug-likeness (QED) is 0.856. The topological polar surface area (TPSA) is 62.5 Å². The Morgan fingerprint density at radius 2 is 2.14 bits per heavy atom. The van der Waals surface area contributed by atoms with E-state index in [1.165, 1.54) is 5.56 Å². The molecule has 1 aliphatic rings. The molecule has 0 radical (unpaired) electrons. The van der Waals surface area contributed by atoms with Crippen molar-refractivity contribution in [2.24, 2.45) is 5.73 Å². The number of hydrogen-bond acceptors (Lipinski definition) is 4. The van der Waals surface area contributed by atoms with E-state index in [1.807, 2.05) is 24.1 Å². The lowest BCUT2D eigenvalue weighted by atomic mass is 10.1. The number of aromatic nitrogens is 1. The summed E-state index contributed by atoms with van der Waals surface area (Å²) in [5, 5.41) is 0. The summed E-state index contributed by atoms with van der Waals surface area (Å²) in [6, 6.07) is 4.25. The molecule has 1 aromatic heterocycles. The molecule has 1 aliphatic heterocycles. The molecule has 2 N–H and O–H groups in total. The third kappa shape index (κ3) is 5.44. The minimum absolute atomic E-state index is 0.189. The number of nitrogens with two attached hydrogens (primary N) is 1. The highest BCUT2D eigenvalue weighted by Gasteiger charge is 2.20. The maximum Gasteiger partial charge on any atom is 0.222 e. The van der Waals surface area contributed by atoms with Crippen LogP contribution in [0.25, 0.3) is 0 Å². The molecule has 5 nitrogen and oxygen atoms in total. The van der Waals surface area contributed by atoms with Gasteiger partial charge in [-0.1, -0.05) is 6.07 Å². The van der Waals surface area contributed by atoms with E-state index < -0.39 is 0 Å². The molecule has 1 fully saturated rings. The molecule has 1 amide bonds. The van der Waals surface area contributed by atoms with Gasteiger partial charge in [-0.25, -0.2) is 0 Å². The SMILES string of the molecule is CC(N)CCCC(=O)N1CCN(Cc2cccnc2)CC1. The Bertz CT molecular complexity index is 427. The van der Waals surface area contributed by atoms with Gasteiger partial charge in [-0.2, -0.15) is 0 Å². The third-order valence-electron chi connectivity index (χ3n) is 3.90. The molecule has 0 spiro atoms. The van der Waals surface area contributed by atoms with Crippen molar-refractivity contribution in [3.63, 3.8) is 0 Å². The van der Waals surface area contributed by atoms with Gasteiger partial charge in [0, 0.05) is 57.6 Å². The van der Waals surface area contributed by atoms with Gasteiger partial charge in [0.1, 0.15) is 0 Å². The Morgan fingerprint density at radius 3 is 2.76 bits per heavy atom. The highest BCUT2D eigenvalue weighted by atomic mass is 16.2. The predicted octanol–water partition coefficient (Wildman–Crippen LogP) is 1.24. The van der Waals surface area contributed by atoms with Gasteiger partial charge >= 0.3 is 0 Å². The van der Waals surface area contributed by atoms with E-state index in [0.29, 0.717) is 6.42 Å². The van der Waals surface area contributed by atoms with Gasteiger partial charge < -0.3 is 10.6 Å². The highest BCUT2D eigenvalue weighted by molar-refractivity contribution is 5.76. The van der Waals surface area contributed by atoms with Gasteiger partial charge in [0.05, 0.1) is 0 Å². The Kier molecular flexibility index (Phi) is 6.14. The van der Waals surface area contributed by atoms with Gasteiger partial charge in [0.2, 0.25) is 5.91 Å². The van der Waals surface area contributed by atoms with Crippen LogP contribution < -0.4 is 5.73 Å². The summed E-state index contributed by atoms with van der Waals surface area (Å²) < 4.78 is 0. The zero-order valence-electron chi connectivity index (χ0n) is 12.9. The molecule has 1 aromatic rings. The molecule has 1 atom stereocenters. The van der Waals surface area contributed by atoms with Crippen molar-refractivity contribution >= 4 is 5.91 Å². The molecule has 1 unspecified atom stereocenters. The van der Waals surface area contributed by atoms with E-state index in [-0.39, 0.29) is 11.9 Å². The standard InChI is InChI=1S/C16H26N4O/c1-14(17)4-2-6-16(21)20-10-8-19(9-11-20)13-15-5-3-7-18-12-15/h3,5,7,12,14H,2,4,6,8-11,13,17H2,1H3. The number of amides is 1. The number of piperazine rings is 1. The molecule has 0 saturated carbocycles. The Balaban J connectivity index is 1.69. The van der Waals surface area contributed by atoms with Gasteiger partial charge in [-0.15, -0.1) is 0 Å². The van der Waals surface area contributed by atoms with E-state index in [2.05, 4.69) is 16.0 Å². The molecule has 116 valence electrons. The van der Waals surface area contributed by atoms with Gasteiger partial charge in [0.15, 0.2) is 0 Å². The summed E-state index contributed by atoms with van der Waals surface area (Å²) >= 11 is 0. The first-order valence-corrected chi connectivity index (χ1v) is 7.80. The van der Waals surface area contributed by atoms with E-state index in [4.69, 9.17) is 5.73 Å². The van der Waals surface area contributed by atoms with Crippen molar-refractivity contribution in [3.05, 3.63) is 30.1 Å². The number of carbonyl (C=O) groups is 1. The van der Waals surface area contributed by atoms with Crippen LogP contribution in [-0.4, -0.2) is 52.9 Å². The fraction of sp³-hybridized carbons (Fsp3) is 0.625. The molecule has 2 rings (SSSR count). The number of carbonyl (C=O) groups excluding carboxylic acids is 1. The second kappa shape index (κ2) is 8.10. The van der Waals surface area contributed by atoms with Crippen molar-refractivity contribution in [3.8, 4) is 0 Å². The van der Waals surface area contributed by atoms with Crippen LogP contribution in [0.3, 0.4) is 0 Å². The minimum atomic E-state index is 0.189. The zero-order chi connectivity index (χ0) is 15.1. The summed E-state index contributed by atoms with van der Waals surface area (Å²) in [6.45, 7) is 6.44. The zero-order valence-corrected chi connectivity index (χ0v) is 12.9. The Hall–Kier alpha value is -1.46. The maximum absolute atomic E-state index is 12.1. The Labute approximate surface area is 127 Å². The van der Waals surface area contributed by atoms with Crippen LogP contribution in [0.5, 0.6) is 0 Å². The van der Waals surface area contributed by atoms with Crippen LogP contribution in [0.4, 0.5) is 0 Å². The normalized spacial score (nSPS) is 17.7. The second-order valence-corrected chi connectivity index (χ2v) is 5.89. The second-order valence-electron chi connectivity index (χ2n) is 5.89. The molecule has 2 heterocycles. The smallest absolute Gasteiger partial charge is 0.222 e. The van der Waals surface area contributed by atoms with Crippen molar-refractivity contribution in [2.45, 2.75) is 38.8 Å². The van der Waals surface area contributed by atoms with Crippen molar-refractivity contribution in [1.82, 2.24) is 14.8 Å². The number of hydrogen-bond donors (Lipinski definition) is 1. The van der Waals surface area contributed by atoms with Crippen molar-refractivity contribution in [1.29, 1.82) is 0 Å². The first-order valence-electron chi connectivity index (χ1n) is 7.80. The molecule has 1 saturated heterocycles. The number of nitrogens with zero attached hydrogens (tertiary/aromatic N) is 3. The van der Waals surface area contributed by atoms with Crippen molar-refractivity contribution < 1.29 is 4.79 Å². The van der Waals surface area contributed by atoms with E-state index in [1.54, 1.807) is 6.20 Å². The highest BCUT2D eigenvalue weighted by Crippen LogP contribution is 2.10.